The summed E-state index contributed by atoms with van der Waals surface area (Å²) in [4.78, 5) is 5.26. The molecule has 0 aliphatic carbocycles. The number of likely N-dealkylation sites (tertiary alicyclic amines) is 2. The molecule has 2 saturated heterocycles. The van der Waals surface area contributed by atoms with Crippen LogP contribution < -0.4 is 0 Å². The van der Waals surface area contributed by atoms with E-state index < -0.39 is 0 Å². The fourth-order valence-electron chi connectivity index (χ4n) is 5.29. The van der Waals surface area contributed by atoms with E-state index in [2.05, 4.69) is 67.7 Å². The fourth-order valence-corrected chi connectivity index (χ4v) is 5.29. The van der Waals surface area contributed by atoms with Gasteiger partial charge in [-0.25, -0.2) is 4.68 Å². The molecule has 2 atom stereocenters. The summed E-state index contributed by atoms with van der Waals surface area (Å²) in [6.07, 6.45) is 14.0. The second-order valence-corrected chi connectivity index (χ2v) is 9.71. The van der Waals surface area contributed by atoms with Crippen LogP contribution in [0.15, 0.2) is 24.5 Å². The molecule has 2 aliphatic rings. The smallest absolute Gasteiger partial charge is 0.153 e. The predicted octanol–water partition coefficient (Wildman–Crippen LogP) is 3.72. The summed E-state index contributed by atoms with van der Waals surface area (Å²) >= 11 is 0. The second-order valence-electron chi connectivity index (χ2n) is 9.71. The molecule has 0 amide bonds. The lowest BCUT2D eigenvalue weighted by Gasteiger charge is -2.30. The molecule has 30 heavy (non-hydrogen) atoms. The molecule has 4 heterocycles. The van der Waals surface area contributed by atoms with Crippen LogP contribution in [-0.4, -0.2) is 68.6 Å². The molecule has 0 unspecified atom stereocenters. The molecule has 6 heteroatoms. The monoisotopic (exact) mass is 412 g/mol. The molecule has 0 bridgehead atoms. The molecule has 0 spiro atoms. The van der Waals surface area contributed by atoms with Crippen molar-refractivity contribution in [1.82, 2.24) is 29.3 Å². The Kier molecular flexibility index (Phi) is 7.61. The average Bonchev–Trinajstić information content (AvgIpc) is 3.38. The first-order chi connectivity index (χ1) is 14.7. The molecule has 0 radical (unpaired) electrons. The number of nitrogens with zero attached hydrogens (tertiary/aromatic N) is 6. The van der Waals surface area contributed by atoms with Crippen molar-refractivity contribution in [1.29, 1.82) is 0 Å². The average molecular weight is 413 g/mol. The van der Waals surface area contributed by atoms with Gasteiger partial charge < -0.3 is 9.80 Å². The maximum atomic E-state index is 4.61. The maximum absolute atomic E-state index is 4.61. The molecule has 2 fully saturated rings. The first-order valence-corrected chi connectivity index (χ1v) is 12.2. The number of hydrogen-bond acceptors (Lipinski definition) is 4. The molecule has 2 aromatic heterocycles. The van der Waals surface area contributed by atoms with Crippen molar-refractivity contribution in [3.8, 4) is 0 Å². The summed E-state index contributed by atoms with van der Waals surface area (Å²) in [5, 5.41) is 9.21. The van der Waals surface area contributed by atoms with Gasteiger partial charge in [0.05, 0.1) is 0 Å². The SMILES string of the molecule is C[C@@H]1CCCN(CCCc2nnc(CCCN3CCC[C@@H](C)C3)n2-n2cccc2)C1. The van der Waals surface area contributed by atoms with Crippen molar-refractivity contribution in [3.05, 3.63) is 36.2 Å². The van der Waals surface area contributed by atoms with Gasteiger partial charge in [0.25, 0.3) is 0 Å². The van der Waals surface area contributed by atoms with Crippen molar-refractivity contribution in [2.24, 2.45) is 11.8 Å². The van der Waals surface area contributed by atoms with E-state index in [0.717, 1.165) is 49.2 Å². The molecular formula is C24H40N6. The summed E-state index contributed by atoms with van der Waals surface area (Å²) in [7, 11) is 0. The van der Waals surface area contributed by atoms with Crippen LogP contribution in [0.25, 0.3) is 0 Å². The van der Waals surface area contributed by atoms with Gasteiger partial charge in [0.1, 0.15) is 0 Å². The zero-order valence-electron chi connectivity index (χ0n) is 19.0. The third kappa shape index (κ3) is 5.73. The highest BCUT2D eigenvalue weighted by Gasteiger charge is 2.19. The lowest BCUT2D eigenvalue weighted by molar-refractivity contribution is 0.181. The van der Waals surface area contributed by atoms with Gasteiger partial charge >= 0.3 is 0 Å². The summed E-state index contributed by atoms with van der Waals surface area (Å²) in [5.41, 5.74) is 0. The van der Waals surface area contributed by atoms with Gasteiger partial charge in [0.15, 0.2) is 11.6 Å². The van der Waals surface area contributed by atoms with Crippen molar-refractivity contribution in [2.75, 3.05) is 39.3 Å². The number of rotatable bonds is 9. The van der Waals surface area contributed by atoms with E-state index in [0.29, 0.717) is 0 Å². The van der Waals surface area contributed by atoms with Crippen LogP contribution in [0.3, 0.4) is 0 Å². The van der Waals surface area contributed by atoms with Gasteiger partial charge in [-0.2, -0.15) is 0 Å². The Hall–Kier alpha value is -1.66. The van der Waals surface area contributed by atoms with Crippen LogP contribution in [0.2, 0.25) is 0 Å². The third-order valence-corrected chi connectivity index (χ3v) is 6.82. The predicted molar refractivity (Wildman–Crippen MR) is 122 cm³/mol. The third-order valence-electron chi connectivity index (χ3n) is 6.82. The van der Waals surface area contributed by atoms with E-state index in [9.17, 15) is 0 Å². The molecular weight excluding hydrogens is 372 g/mol. The standard InChI is InChI=1S/C24H40N6/c1-21-9-5-13-27(19-21)15-7-11-23-25-26-24(30(23)29-17-3-4-18-29)12-8-16-28-14-6-10-22(2)20-28/h3-4,17-18,21-22H,5-16,19-20H2,1-2H3/t21-,22-/m1/s1. The highest BCUT2D eigenvalue weighted by molar-refractivity contribution is 5.02. The molecule has 0 aromatic carbocycles. The van der Waals surface area contributed by atoms with Crippen LogP contribution in [0.4, 0.5) is 0 Å². The second kappa shape index (κ2) is 10.6. The van der Waals surface area contributed by atoms with Crippen molar-refractivity contribution >= 4 is 0 Å². The normalized spacial score (nSPS) is 23.8. The van der Waals surface area contributed by atoms with Gasteiger partial charge in [-0.15, -0.1) is 10.2 Å². The van der Waals surface area contributed by atoms with Crippen LogP contribution >= 0.6 is 0 Å². The minimum atomic E-state index is 0.844. The molecule has 4 rings (SSSR count). The van der Waals surface area contributed by atoms with Gasteiger partial charge in [0, 0.05) is 38.3 Å². The van der Waals surface area contributed by atoms with Crippen molar-refractivity contribution in [2.45, 2.75) is 65.2 Å². The van der Waals surface area contributed by atoms with Gasteiger partial charge in [-0.1, -0.05) is 13.8 Å². The van der Waals surface area contributed by atoms with Crippen LogP contribution in [-0.2, 0) is 12.8 Å². The van der Waals surface area contributed by atoms with E-state index in [4.69, 9.17) is 0 Å². The van der Waals surface area contributed by atoms with Crippen LogP contribution in [0.1, 0.15) is 64.0 Å². The minimum absolute atomic E-state index is 0.844. The summed E-state index contributed by atoms with van der Waals surface area (Å²) in [6, 6.07) is 4.16. The Labute approximate surface area is 182 Å². The summed E-state index contributed by atoms with van der Waals surface area (Å²) < 4.78 is 4.40. The van der Waals surface area contributed by atoms with E-state index in [1.807, 2.05) is 0 Å². The number of hydrogen-bond donors (Lipinski definition) is 0. The number of aromatic nitrogens is 4. The molecule has 6 nitrogen and oxygen atoms in total. The Balaban J connectivity index is 1.34. The van der Waals surface area contributed by atoms with Crippen LogP contribution in [0.5, 0.6) is 0 Å². The number of piperidine rings is 2. The zero-order valence-corrected chi connectivity index (χ0v) is 19.0. The number of aryl methyl sites for hydroxylation is 2. The van der Waals surface area contributed by atoms with Crippen LogP contribution in [0, 0.1) is 11.8 Å². The van der Waals surface area contributed by atoms with Gasteiger partial charge in [0.2, 0.25) is 0 Å². The highest BCUT2D eigenvalue weighted by Crippen LogP contribution is 2.18. The van der Waals surface area contributed by atoms with Crippen molar-refractivity contribution in [3.63, 3.8) is 0 Å². The molecule has 2 aromatic rings. The van der Waals surface area contributed by atoms with E-state index in [-0.39, 0.29) is 0 Å². The lowest BCUT2D eigenvalue weighted by Crippen LogP contribution is -2.35. The van der Waals surface area contributed by atoms with E-state index >= 15 is 0 Å². The largest absolute Gasteiger partial charge is 0.303 e. The fraction of sp³-hybridized carbons (Fsp3) is 0.750. The maximum Gasteiger partial charge on any atom is 0.153 e. The highest BCUT2D eigenvalue weighted by atomic mass is 15.5. The van der Waals surface area contributed by atoms with E-state index in [1.54, 1.807) is 0 Å². The first kappa shape index (κ1) is 21.6. The summed E-state index contributed by atoms with van der Waals surface area (Å²) in [6.45, 7) is 12.1. The molecule has 2 aliphatic heterocycles. The zero-order chi connectivity index (χ0) is 20.8. The Bertz CT molecular complexity index is 706. The lowest BCUT2D eigenvalue weighted by atomic mass is 10.00. The topological polar surface area (TPSA) is 42.1 Å². The first-order valence-electron chi connectivity index (χ1n) is 12.2. The molecule has 0 N–H and O–H groups in total. The van der Waals surface area contributed by atoms with E-state index in [1.165, 1.54) is 65.0 Å². The van der Waals surface area contributed by atoms with Crippen molar-refractivity contribution < 1.29 is 0 Å². The Morgan fingerprint density at radius 1 is 0.800 bits per heavy atom. The molecule has 166 valence electrons. The summed E-state index contributed by atoms with van der Waals surface area (Å²) in [5.74, 6) is 3.88. The Morgan fingerprint density at radius 2 is 1.30 bits per heavy atom. The molecule has 0 saturated carbocycles. The minimum Gasteiger partial charge on any atom is -0.303 e. The van der Waals surface area contributed by atoms with Gasteiger partial charge in [-0.3, -0.25) is 4.68 Å². The quantitative estimate of drug-likeness (QED) is 0.629. The Morgan fingerprint density at radius 3 is 1.77 bits per heavy atom. The van der Waals surface area contributed by atoms with Gasteiger partial charge in [-0.05, 0) is 88.7 Å².